The smallest absolute Gasteiger partial charge is 0.194 e. The van der Waals surface area contributed by atoms with E-state index >= 15 is 0 Å². The molecule has 0 amide bonds. The average molecular weight is 308 g/mol. The van der Waals surface area contributed by atoms with E-state index in [9.17, 15) is 13.2 Å². The summed E-state index contributed by atoms with van der Waals surface area (Å²) in [6.45, 7) is 2.46. The number of hydrogen-bond donors (Lipinski definition) is 0. The molecule has 1 heterocycles. The molecule has 2 aromatic carbocycles. The van der Waals surface area contributed by atoms with Crippen LogP contribution in [0.25, 0.3) is 20.5 Å². The molecule has 0 aliphatic carbocycles. The maximum atomic E-state index is 13.3. The molecule has 3 aromatic rings. The summed E-state index contributed by atoms with van der Waals surface area (Å²) in [5.74, 6) is -3.07. The number of rotatable bonds is 3. The molecule has 21 heavy (non-hydrogen) atoms. The van der Waals surface area contributed by atoms with E-state index in [0.29, 0.717) is 17.0 Å². The lowest BCUT2D eigenvalue weighted by Gasteiger charge is -2.01. The van der Waals surface area contributed by atoms with E-state index in [0.717, 1.165) is 28.0 Å². The molecule has 108 valence electrons. The van der Waals surface area contributed by atoms with E-state index in [1.165, 1.54) is 11.3 Å². The van der Waals surface area contributed by atoms with Gasteiger partial charge < -0.3 is 4.74 Å². The number of thiophene rings is 1. The van der Waals surface area contributed by atoms with Crippen molar-refractivity contribution in [1.29, 1.82) is 0 Å². The summed E-state index contributed by atoms with van der Waals surface area (Å²) in [5, 5.41) is 0.948. The first-order valence-electron chi connectivity index (χ1n) is 6.40. The third-order valence-corrected chi connectivity index (χ3v) is 4.22. The van der Waals surface area contributed by atoms with Crippen LogP contribution in [0.5, 0.6) is 5.75 Å². The van der Waals surface area contributed by atoms with Crippen LogP contribution in [0.4, 0.5) is 13.2 Å². The van der Waals surface area contributed by atoms with Crippen molar-refractivity contribution in [1.82, 2.24) is 0 Å². The number of fused-ring (bicyclic) bond motifs is 1. The Labute approximate surface area is 123 Å². The van der Waals surface area contributed by atoms with Crippen LogP contribution in [0.2, 0.25) is 0 Å². The van der Waals surface area contributed by atoms with Crippen LogP contribution in [0.3, 0.4) is 0 Å². The highest BCUT2D eigenvalue weighted by Gasteiger charge is 2.13. The van der Waals surface area contributed by atoms with Crippen LogP contribution in [-0.4, -0.2) is 6.61 Å². The van der Waals surface area contributed by atoms with Gasteiger partial charge in [-0.3, -0.25) is 0 Å². The first-order chi connectivity index (χ1) is 10.1. The second-order valence-electron chi connectivity index (χ2n) is 4.50. The Morgan fingerprint density at radius 1 is 1.00 bits per heavy atom. The predicted molar refractivity (Wildman–Crippen MR) is 78.3 cm³/mol. The molecule has 0 spiro atoms. The van der Waals surface area contributed by atoms with Crippen molar-refractivity contribution in [2.75, 3.05) is 6.61 Å². The fraction of sp³-hybridized carbons (Fsp3) is 0.125. The average Bonchev–Trinajstić information content (AvgIpc) is 2.87. The molecule has 0 radical (unpaired) electrons. The van der Waals surface area contributed by atoms with E-state index < -0.39 is 17.5 Å². The summed E-state index contributed by atoms with van der Waals surface area (Å²) in [5.41, 5.74) is 0.325. The minimum absolute atomic E-state index is 0.325. The zero-order valence-corrected chi connectivity index (χ0v) is 11.9. The van der Waals surface area contributed by atoms with Gasteiger partial charge in [-0.1, -0.05) is 0 Å². The van der Waals surface area contributed by atoms with E-state index in [4.69, 9.17) is 4.74 Å². The normalized spacial score (nSPS) is 11.0. The summed E-state index contributed by atoms with van der Waals surface area (Å²) >= 11 is 1.38. The van der Waals surface area contributed by atoms with Crippen molar-refractivity contribution in [3.05, 3.63) is 53.8 Å². The van der Waals surface area contributed by atoms with Crippen molar-refractivity contribution >= 4 is 21.4 Å². The van der Waals surface area contributed by atoms with Crippen molar-refractivity contribution < 1.29 is 17.9 Å². The second-order valence-corrected chi connectivity index (χ2v) is 5.58. The molecule has 5 heteroatoms. The fourth-order valence-electron chi connectivity index (χ4n) is 2.11. The minimum atomic E-state index is -1.45. The molecule has 0 unspecified atom stereocenters. The highest BCUT2D eigenvalue weighted by molar-refractivity contribution is 7.22. The summed E-state index contributed by atoms with van der Waals surface area (Å²) in [6, 6.07) is 9.44. The Bertz CT molecular complexity index is 787. The van der Waals surface area contributed by atoms with Gasteiger partial charge >= 0.3 is 0 Å². The molecule has 1 aromatic heterocycles. The molecule has 0 saturated carbocycles. The standard InChI is InChI=1S/C16H11F3OS/c1-2-20-11-4-3-9-7-14(21-15(9)8-11)10-5-12(17)16(19)13(18)6-10/h3-8H,2H2,1H3. The monoisotopic (exact) mass is 308 g/mol. The molecule has 0 fully saturated rings. The van der Waals surface area contributed by atoms with Gasteiger partial charge in [0.2, 0.25) is 0 Å². The van der Waals surface area contributed by atoms with Gasteiger partial charge in [-0.15, -0.1) is 11.3 Å². The van der Waals surface area contributed by atoms with E-state index in [2.05, 4.69) is 0 Å². The van der Waals surface area contributed by atoms with Gasteiger partial charge in [0.15, 0.2) is 17.5 Å². The Balaban J connectivity index is 2.08. The molecular formula is C16H11F3OS. The molecule has 1 nitrogen and oxygen atoms in total. The third kappa shape index (κ3) is 2.61. The van der Waals surface area contributed by atoms with Crippen molar-refractivity contribution in [3.63, 3.8) is 0 Å². The molecule has 0 aliphatic rings. The zero-order valence-electron chi connectivity index (χ0n) is 11.1. The molecule has 0 bridgehead atoms. The van der Waals surface area contributed by atoms with E-state index in [-0.39, 0.29) is 0 Å². The Hall–Kier alpha value is -2.01. The van der Waals surface area contributed by atoms with Gasteiger partial charge in [-0.05, 0) is 54.3 Å². The van der Waals surface area contributed by atoms with E-state index in [1.807, 2.05) is 31.2 Å². The van der Waals surface area contributed by atoms with Crippen LogP contribution in [0.1, 0.15) is 6.92 Å². The Morgan fingerprint density at radius 2 is 1.71 bits per heavy atom. The topological polar surface area (TPSA) is 9.23 Å². The summed E-state index contributed by atoms with van der Waals surface area (Å²) < 4.78 is 46.0. The van der Waals surface area contributed by atoms with Crippen LogP contribution < -0.4 is 4.74 Å². The second kappa shape index (κ2) is 5.41. The van der Waals surface area contributed by atoms with Crippen LogP contribution in [0.15, 0.2) is 36.4 Å². The fourth-order valence-corrected chi connectivity index (χ4v) is 3.19. The first kappa shape index (κ1) is 13.9. The quantitative estimate of drug-likeness (QED) is 0.590. The van der Waals surface area contributed by atoms with Gasteiger partial charge in [0.05, 0.1) is 6.61 Å². The van der Waals surface area contributed by atoms with Crippen LogP contribution >= 0.6 is 11.3 Å². The number of ether oxygens (including phenoxy) is 1. The predicted octanol–water partition coefficient (Wildman–Crippen LogP) is 5.38. The van der Waals surface area contributed by atoms with Gasteiger partial charge in [0, 0.05) is 9.58 Å². The molecule has 0 N–H and O–H groups in total. The van der Waals surface area contributed by atoms with Gasteiger partial charge in [-0.25, -0.2) is 13.2 Å². The van der Waals surface area contributed by atoms with Crippen molar-refractivity contribution in [2.24, 2.45) is 0 Å². The molecule has 0 aliphatic heterocycles. The molecule has 0 saturated heterocycles. The van der Waals surface area contributed by atoms with Gasteiger partial charge in [0.1, 0.15) is 5.75 Å². The maximum Gasteiger partial charge on any atom is 0.194 e. The lowest BCUT2D eigenvalue weighted by Crippen LogP contribution is -1.90. The SMILES string of the molecule is CCOc1ccc2cc(-c3cc(F)c(F)c(F)c3)sc2c1. The Morgan fingerprint density at radius 3 is 2.38 bits per heavy atom. The van der Waals surface area contributed by atoms with E-state index in [1.54, 1.807) is 0 Å². The summed E-state index contributed by atoms with van der Waals surface area (Å²) in [6.07, 6.45) is 0. The van der Waals surface area contributed by atoms with Crippen molar-refractivity contribution in [3.8, 4) is 16.2 Å². The van der Waals surface area contributed by atoms with Crippen LogP contribution in [-0.2, 0) is 0 Å². The number of hydrogen-bond acceptors (Lipinski definition) is 2. The zero-order chi connectivity index (χ0) is 15.0. The highest BCUT2D eigenvalue weighted by Crippen LogP contribution is 2.36. The van der Waals surface area contributed by atoms with Crippen LogP contribution in [0, 0.1) is 17.5 Å². The number of benzene rings is 2. The molecular weight excluding hydrogens is 297 g/mol. The molecule has 0 atom stereocenters. The maximum absolute atomic E-state index is 13.3. The largest absolute Gasteiger partial charge is 0.494 e. The van der Waals surface area contributed by atoms with Gasteiger partial charge in [-0.2, -0.15) is 0 Å². The first-order valence-corrected chi connectivity index (χ1v) is 7.21. The lowest BCUT2D eigenvalue weighted by atomic mass is 10.1. The lowest BCUT2D eigenvalue weighted by molar-refractivity contribution is 0.341. The number of halogens is 3. The minimum Gasteiger partial charge on any atom is -0.494 e. The van der Waals surface area contributed by atoms with Gasteiger partial charge in [0.25, 0.3) is 0 Å². The summed E-state index contributed by atoms with van der Waals surface area (Å²) in [7, 11) is 0. The third-order valence-electron chi connectivity index (χ3n) is 3.07. The highest BCUT2D eigenvalue weighted by atomic mass is 32.1. The van der Waals surface area contributed by atoms with Crippen molar-refractivity contribution in [2.45, 2.75) is 6.92 Å². The summed E-state index contributed by atoms with van der Waals surface area (Å²) in [4.78, 5) is 0.677. The molecule has 3 rings (SSSR count). The Kier molecular flexibility index (Phi) is 3.59.